The maximum atomic E-state index is 12.1. The number of rotatable bonds is 4. The van der Waals surface area contributed by atoms with Crippen molar-refractivity contribution in [2.45, 2.75) is 52.7 Å². The van der Waals surface area contributed by atoms with Gasteiger partial charge in [-0.05, 0) is 63.6 Å². The first-order valence-corrected chi connectivity index (χ1v) is 7.96. The fourth-order valence-electron chi connectivity index (χ4n) is 1.90. The zero-order valence-electron chi connectivity index (χ0n) is 12.5. The second-order valence-corrected chi connectivity index (χ2v) is 8.60. The third-order valence-electron chi connectivity index (χ3n) is 3.27. The number of hydrogen-bond donors (Lipinski definition) is 0. The van der Waals surface area contributed by atoms with Crippen molar-refractivity contribution in [2.75, 3.05) is 5.75 Å². The molecule has 2 atom stereocenters. The molecule has 102 valence electrons. The van der Waals surface area contributed by atoms with E-state index in [1.165, 1.54) is 16.7 Å². The minimum absolute atomic E-state index is 0.0997. The zero-order chi connectivity index (χ0) is 13.9. The quantitative estimate of drug-likeness (QED) is 0.804. The second-order valence-electron chi connectivity index (χ2n) is 6.35. The molecule has 0 radical (unpaired) electrons. The molecule has 1 nitrogen and oxygen atoms in total. The van der Waals surface area contributed by atoms with E-state index in [0.29, 0.717) is 5.92 Å². The molecule has 0 spiro atoms. The summed E-state index contributed by atoms with van der Waals surface area (Å²) in [6.45, 7) is 12.6. The van der Waals surface area contributed by atoms with Crippen LogP contribution in [0.4, 0.5) is 0 Å². The number of aryl methyl sites for hydroxylation is 2. The molecular formula is C16H26OS. The Labute approximate surface area is 114 Å². The summed E-state index contributed by atoms with van der Waals surface area (Å²) >= 11 is 0. The molecule has 0 heterocycles. The Morgan fingerprint density at radius 2 is 1.78 bits per heavy atom. The highest BCUT2D eigenvalue weighted by Crippen LogP contribution is 2.18. The fourth-order valence-corrected chi connectivity index (χ4v) is 3.03. The van der Waals surface area contributed by atoms with Gasteiger partial charge in [-0.25, -0.2) is 0 Å². The van der Waals surface area contributed by atoms with E-state index in [-0.39, 0.29) is 4.75 Å². The van der Waals surface area contributed by atoms with Crippen LogP contribution in [0.2, 0.25) is 0 Å². The van der Waals surface area contributed by atoms with Crippen LogP contribution in [0.25, 0.3) is 0 Å². The van der Waals surface area contributed by atoms with Gasteiger partial charge in [0.15, 0.2) is 0 Å². The summed E-state index contributed by atoms with van der Waals surface area (Å²) in [6, 6.07) is 6.63. The molecule has 18 heavy (non-hydrogen) atoms. The van der Waals surface area contributed by atoms with Crippen LogP contribution < -0.4 is 0 Å². The Balaban J connectivity index is 2.62. The van der Waals surface area contributed by atoms with Crippen molar-refractivity contribution < 1.29 is 4.21 Å². The molecule has 0 unspecified atom stereocenters. The summed E-state index contributed by atoms with van der Waals surface area (Å²) in [5.41, 5.74) is 4.04. The Hall–Kier alpha value is -0.630. The highest BCUT2D eigenvalue weighted by atomic mass is 32.2. The van der Waals surface area contributed by atoms with Crippen LogP contribution in [0.5, 0.6) is 0 Å². The van der Waals surface area contributed by atoms with Gasteiger partial charge in [-0.2, -0.15) is 0 Å². The summed E-state index contributed by atoms with van der Waals surface area (Å²) in [6.07, 6.45) is 1.02. The molecular weight excluding hydrogens is 240 g/mol. The lowest BCUT2D eigenvalue weighted by Gasteiger charge is -2.21. The van der Waals surface area contributed by atoms with Crippen molar-refractivity contribution >= 4 is 10.8 Å². The molecule has 0 bridgehead atoms. The van der Waals surface area contributed by atoms with Gasteiger partial charge in [-0.1, -0.05) is 25.1 Å². The zero-order valence-corrected chi connectivity index (χ0v) is 13.4. The highest BCUT2D eigenvalue weighted by Gasteiger charge is 2.21. The Kier molecular flexibility index (Phi) is 5.15. The smallest absolute Gasteiger partial charge is 0.0375 e. The van der Waals surface area contributed by atoms with Gasteiger partial charge in [-0.3, -0.25) is 4.21 Å². The average Bonchev–Trinajstić information content (AvgIpc) is 2.22. The molecule has 0 saturated carbocycles. The third kappa shape index (κ3) is 4.56. The first kappa shape index (κ1) is 15.4. The minimum Gasteiger partial charge on any atom is -0.259 e. The van der Waals surface area contributed by atoms with Gasteiger partial charge in [0.05, 0.1) is 0 Å². The van der Waals surface area contributed by atoms with Crippen molar-refractivity contribution in [1.29, 1.82) is 0 Å². The Morgan fingerprint density at radius 1 is 1.17 bits per heavy atom. The van der Waals surface area contributed by atoms with Crippen molar-refractivity contribution in [1.82, 2.24) is 0 Å². The molecule has 0 aliphatic heterocycles. The van der Waals surface area contributed by atoms with Crippen LogP contribution in [-0.2, 0) is 17.2 Å². The predicted octanol–water partition coefficient (Wildman–Crippen LogP) is 4.03. The van der Waals surface area contributed by atoms with E-state index in [9.17, 15) is 4.21 Å². The van der Waals surface area contributed by atoms with Crippen LogP contribution in [-0.4, -0.2) is 14.7 Å². The standard InChI is InChI=1S/C16H26OS/c1-12(11-18(17)16(4,5)6)9-15-8-7-13(2)14(3)10-15/h7-8,10,12H,9,11H2,1-6H3/t12-,18+/m0/s1. The van der Waals surface area contributed by atoms with Gasteiger partial charge in [0, 0.05) is 21.3 Å². The van der Waals surface area contributed by atoms with E-state index in [2.05, 4.69) is 39.0 Å². The maximum absolute atomic E-state index is 12.1. The third-order valence-corrected chi connectivity index (χ3v) is 5.51. The van der Waals surface area contributed by atoms with Crippen LogP contribution in [0.15, 0.2) is 18.2 Å². The SMILES string of the molecule is Cc1ccc(C[C@H](C)C[S@@](=O)C(C)(C)C)cc1C. The van der Waals surface area contributed by atoms with Crippen LogP contribution in [0, 0.1) is 19.8 Å². The van der Waals surface area contributed by atoms with E-state index >= 15 is 0 Å². The normalized spacial score (nSPS) is 15.4. The predicted molar refractivity (Wildman–Crippen MR) is 81.5 cm³/mol. The topological polar surface area (TPSA) is 17.1 Å². The van der Waals surface area contributed by atoms with Crippen LogP contribution in [0.1, 0.15) is 44.4 Å². The van der Waals surface area contributed by atoms with Gasteiger partial charge in [0.2, 0.25) is 0 Å². The van der Waals surface area contributed by atoms with Crippen LogP contribution in [0.3, 0.4) is 0 Å². The molecule has 0 fully saturated rings. The molecule has 1 rings (SSSR count). The highest BCUT2D eigenvalue weighted by molar-refractivity contribution is 7.86. The lowest BCUT2D eigenvalue weighted by molar-refractivity contribution is 0.608. The molecule has 1 aromatic carbocycles. The van der Waals surface area contributed by atoms with Gasteiger partial charge in [0.1, 0.15) is 0 Å². The van der Waals surface area contributed by atoms with Crippen molar-refractivity contribution in [3.8, 4) is 0 Å². The van der Waals surface area contributed by atoms with Gasteiger partial charge in [-0.15, -0.1) is 0 Å². The summed E-state index contributed by atoms with van der Waals surface area (Å²) < 4.78 is 12.0. The van der Waals surface area contributed by atoms with Gasteiger partial charge in [0.25, 0.3) is 0 Å². The maximum Gasteiger partial charge on any atom is 0.0375 e. The summed E-state index contributed by atoms with van der Waals surface area (Å²) in [7, 11) is -0.751. The molecule has 1 aromatic rings. The van der Waals surface area contributed by atoms with Crippen LogP contribution >= 0.6 is 0 Å². The average molecular weight is 266 g/mol. The van der Waals surface area contributed by atoms with E-state index in [1.54, 1.807) is 0 Å². The van der Waals surface area contributed by atoms with Gasteiger partial charge < -0.3 is 0 Å². The van der Waals surface area contributed by atoms with E-state index < -0.39 is 10.8 Å². The molecule has 2 heteroatoms. The van der Waals surface area contributed by atoms with Crippen molar-refractivity contribution in [2.24, 2.45) is 5.92 Å². The van der Waals surface area contributed by atoms with E-state index in [4.69, 9.17) is 0 Å². The molecule has 0 N–H and O–H groups in total. The lowest BCUT2D eigenvalue weighted by atomic mass is 9.99. The van der Waals surface area contributed by atoms with Crippen molar-refractivity contribution in [3.05, 3.63) is 34.9 Å². The monoisotopic (exact) mass is 266 g/mol. The van der Waals surface area contributed by atoms with E-state index in [0.717, 1.165) is 12.2 Å². The molecule has 0 aromatic heterocycles. The fraction of sp³-hybridized carbons (Fsp3) is 0.625. The number of hydrogen-bond acceptors (Lipinski definition) is 1. The molecule has 0 aliphatic carbocycles. The lowest BCUT2D eigenvalue weighted by Crippen LogP contribution is -2.27. The molecule has 0 aliphatic rings. The molecule has 0 saturated heterocycles. The van der Waals surface area contributed by atoms with Crippen molar-refractivity contribution in [3.63, 3.8) is 0 Å². The van der Waals surface area contributed by atoms with E-state index in [1.807, 2.05) is 20.8 Å². The largest absolute Gasteiger partial charge is 0.259 e. The number of benzene rings is 1. The first-order chi connectivity index (χ1) is 8.20. The summed E-state index contributed by atoms with van der Waals surface area (Å²) in [5.74, 6) is 1.25. The van der Waals surface area contributed by atoms with Gasteiger partial charge >= 0.3 is 0 Å². The molecule has 0 amide bonds. The minimum atomic E-state index is -0.751. The summed E-state index contributed by atoms with van der Waals surface area (Å²) in [5, 5.41) is 0. The Bertz CT molecular complexity index is 429. The summed E-state index contributed by atoms with van der Waals surface area (Å²) in [4.78, 5) is 0. The second kappa shape index (κ2) is 6.01. The first-order valence-electron chi connectivity index (χ1n) is 6.64. The Morgan fingerprint density at radius 3 is 2.28 bits per heavy atom.